The molecule has 1 aliphatic heterocycles. The molecule has 0 saturated carbocycles. The number of carbonyl (C=O) groups excluding carboxylic acids is 1. The van der Waals surface area contributed by atoms with Gasteiger partial charge in [-0.05, 0) is 40.2 Å². The third-order valence-electron chi connectivity index (χ3n) is 4.63. The summed E-state index contributed by atoms with van der Waals surface area (Å²) < 4.78 is 11.8. The second-order valence-electron chi connectivity index (χ2n) is 6.23. The molecule has 0 unspecified atom stereocenters. The van der Waals surface area contributed by atoms with Crippen molar-refractivity contribution in [1.82, 2.24) is 9.80 Å². The van der Waals surface area contributed by atoms with Gasteiger partial charge >= 0.3 is 0 Å². The summed E-state index contributed by atoms with van der Waals surface area (Å²) in [6.07, 6.45) is 0. The van der Waals surface area contributed by atoms with Gasteiger partial charge in [0.1, 0.15) is 11.5 Å². The standard InChI is InChI=1S/C20H23BrN2O3/c1-25-18-13-17(21)19(26-2)12-16(18)14-22-8-10-23(11-9-22)20(24)15-6-4-3-5-7-15/h3-7,12-13H,8-11,14H2,1-2H3. The Morgan fingerprint density at radius 3 is 2.27 bits per heavy atom. The van der Waals surface area contributed by atoms with Crippen LogP contribution < -0.4 is 9.47 Å². The third-order valence-corrected chi connectivity index (χ3v) is 5.25. The maximum atomic E-state index is 12.6. The zero-order chi connectivity index (χ0) is 18.5. The van der Waals surface area contributed by atoms with E-state index in [4.69, 9.17) is 9.47 Å². The molecule has 0 aliphatic carbocycles. The molecule has 0 atom stereocenters. The van der Waals surface area contributed by atoms with Crippen molar-refractivity contribution in [3.05, 3.63) is 58.1 Å². The Morgan fingerprint density at radius 1 is 1.00 bits per heavy atom. The van der Waals surface area contributed by atoms with E-state index in [0.29, 0.717) is 0 Å². The van der Waals surface area contributed by atoms with Gasteiger partial charge in [0.15, 0.2) is 0 Å². The van der Waals surface area contributed by atoms with Crippen LogP contribution in [0, 0.1) is 0 Å². The minimum Gasteiger partial charge on any atom is -0.496 e. The number of halogens is 1. The van der Waals surface area contributed by atoms with Gasteiger partial charge in [-0.3, -0.25) is 9.69 Å². The van der Waals surface area contributed by atoms with E-state index in [9.17, 15) is 4.79 Å². The normalized spacial score (nSPS) is 15.0. The molecular formula is C20H23BrN2O3. The van der Waals surface area contributed by atoms with Gasteiger partial charge in [-0.15, -0.1) is 0 Å². The first kappa shape index (κ1) is 18.7. The fourth-order valence-corrected chi connectivity index (χ4v) is 3.64. The highest BCUT2D eigenvalue weighted by Crippen LogP contribution is 2.33. The van der Waals surface area contributed by atoms with E-state index < -0.39 is 0 Å². The number of benzene rings is 2. The average molecular weight is 419 g/mol. The fourth-order valence-electron chi connectivity index (χ4n) is 3.16. The van der Waals surface area contributed by atoms with Crippen LogP contribution in [0.4, 0.5) is 0 Å². The van der Waals surface area contributed by atoms with Crippen LogP contribution in [-0.4, -0.2) is 56.1 Å². The molecule has 138 valence electrons. The maximum absolute atomic E-state index is 12.6. The van der Waals surface area contributed by atoms with Gasteiger partial charge in [-0.2, -0.15) is 0 Å². The zero-order valence-corrected chi connectivity index (χ0v) is 16.7. The smallest absolute Gasteiger partial charge is 0.253 e. The lowest BCUT2D eigenvalue weighted by Crippen LogP contribution is -2.48. The monoisotopic (exact) mass is 418 g/mol. The number of hydrogen-bond donors (Lipinski definition) is 0. The van der Waals surface area contributed by atoms with Crippen LogP contribution in [0.25, 0.3) is 0 Å². The molecule has 1 aliphatic rings. The molecule has 1 heterocycles. The van der Waals surface area contributed by atoms with Crippen molar-refractivity contribution in [1.29, 1.82) is 0 Å². The van der Waals surface area contributed by atoms with Gasteiger partial charge in [0, 0.05) is 43.9 Å². The van der Waals surface area contributed by atoms with Crippen molar-refractivity contribution in [2.24, 2.45) is 0 Å². The van der Waals surface area contributed by atoms with E-state index in [1.807, 2.05) is 47.4 Å². The molecule has 0 N–H and O–H groups in total. The van der Waals surface area contributed by atoms with Gasteiger partial charge in [0.25, 0.3) is 5.91 Å². The summed E-state index contributed by atoms with van der Waals surface area (Å²) in [6.45, 7) is 3.88. The van der Waals surface area contributed by atoms with Crippen molar-refractivity contribution in [3.63, 3.8) is 0 Å². The van der Waals surface area contributed by atoms with Crippen molar-refractivity contribution < 1.29 is 14.3 Å². The van der Waals surface area contributed by atoms with Crippen LogP contribution in [-0.2, 0) is 6.54 Å². The molecule has 0 bridgehead atoms. The van der Waals surface area contributed by atoms with Crippen molar-refractivity contribution in [3.8, 4) is 11.5 Å². The summed E-state index contributed by atoms with van der Waals surface area (Å²) in [5.74, 6) is 1.73. The van der Waals surface area contributed by atoms with Crippen LogP contribution in [0.5, 0.6) is 11.5 Å². The molecule has 2 aromatic rings. The lowest BCUT2D eigenvalue weighted by molar-refractivity contribution is 0.0627. The molecule has 1 saturated heterocycles. The number of hydrogen-bond acceptors (Lipinski definition) is 4. The van der Waals surface area contributed by atoms with E-state index in [0.717, 1.165) is 59.8 Å². The molecule has 0 spiro atoms. The van der Waals surface area contributed by atoms with Gasteiger partial charge in [-0.25, -0.2) is 0 Å². The SMILES string of the molecule is COc1cc(CN2CCN(C(=O)c3ccccc3)CC2)c(OC)cc1Br. The summed E-state index contributed by atoms with van der Waals surface area (Å²) in [5.41, 5.74) is 1.83. The van der Waals surface area contributed by atoms with Crippen molar-refractivity contribution in [2.75, 3.05) is 40.4 Å². The van der Waals surface area contributed by atoms with Crippen LogP contribution in [0.2, 0.25) is 0 Å². The van der Waals surface area contributed by atoms with Crippen molar-refractivity contribution >= 4 is 21.8 Å². The second kappa shape index (κ2) is 8.56. The number of piperazine rings is 1. The van der Waals surface area contributed by atoms with Crippen molar-refractivity contribution in [2.45, 2.75) is 6.54 Å². The lowest BCUT2D eigenvalue weighted by atomic mass is 10.1. The maximum Gasteiger partial charge on any atom is 0.253 e. The van der Waals surface area contributed by atoms with E-state index in [-0.39, 0.29) is 5.91 Å². The molecule has 2 aromatic carbocycles. The zero-order valence-electron chi connectivity index (χ0n) is 15.1. The first-order valence-electron chi connectivity index (χ1n) is 8.59. The molecule has 0 radical (unpaired) electrons. The fraction of sp³-hybridized carbons (Fsp3) is 0.350. The predicted octanol–water partition coefficient (Wildman–Crippen LogP) is 3.42. The second-order valence-corrected chi connectivity index (χ2v) is 7.09. The van der Waals surface area contributed by atoms with Gasteiger partial charge in [0.05, 0.1) is 18.7 Å². The number of methoxy groups -OCH3 is 2. The predicted molar refractivity (Wildman–Crippen MR) is 105 cm³/mol. The average Bonchev–Trinajstić information content (AvgIpc) is 2.69. The van der Waals surface area contributed by atoms with Gasteiger partial charge in [0.2, 0.25) is 0 Å². The summed E-state index contributed by atoms with van der Waals surface area (Å²) in [4.78, 5) is 16.8. The number of nitrogens with zero attached hydrogens (tertiary/aromatic N) is 2. The lowest BCUT2D eigenvalue weighted by Gasteiger charge is -2.35. The molecule has 1 fully saturated rings. The Hall–Kier alpha value is -2.05. The van der Waals surface area contributed by atoms with E-state index in [1.54, 1.807) is 14.2 Å². The highest BCUT2D eigenvalue weighted by Gasteiger charge is 2.23. The topological polar surface area (TPSA) is 42.0 Å². The largest absolute Gasteiger partial charge is 0.496 e. The van der Waals surface area contributed by atoms with Crippen LogP contribution in [0.15, 0.2) is 46.9 Å². The highest BCUT2D eigenvalue weighted by atomic mass is 79.9. The Balaban J connectivity index is 1.63. The number of rotatable bonds is 5. The molecule has 26 heavy (non-hydrogen) atoms. The van der Waals surface area contributed by atoms with Gasteiger partial charge < -0.3 is 14.4 Å². The van der Waals surface area contributed by atoms with E-state index >= 15 is 0 Å². The molecule has 1 amide bonds. The molecule has 3 rings (SSSR count). The Bertz CT molecular complexity index is 759. The number of carbonyl (C=O) groups is 1. The molecule has 6 heteroatoms. The third kappa shape index (κ3) is 4.19. The summed E-state index contributed by atoms with van der Waals surface area (Å²) in [6, 6.07) is 13.4. The first-order valence-corrected chi connectivity index (χ1v) is 9.38. The van der Waals surface area contributed by atoms with E-state index in [1.165, 1.54) is 0 Å². The highest BCUT2D eigenvalue weighted by molar-refractivity contribution is 9.10. The minimum absolute atomic E-state index is 0.105. The summed E-state index contributed by atoms with van der Waals surface area (Å²) in [7, 11) is 3.33. The Labute approximate surface area is 162 Å². The Morgan fingerprint density at radius 2 is 1.65 bits per heavy atom. The summed E-state index contributed by atoms with van der Waals surface area (Å²) >= 11 is 3.49. The molecule has 0 aromatic heterocycles. The van der Waals surface area contributed by atoms with Gasteiger partial charge in [-0.1, -0.05) is 18.2 Å². The minimum atomic E-state index is 0.105. The van der Waals surface area contributed by atoms with Crippen LogP contribution in [0.3, 0.4) is 0 Å². The summed E-state index contributed by atoms with van der Waals surface area (Å²) in [5, 5.41) is 0. The van der Waals surface area contributed by atoms with Crippen LogP contribution in [0.1, 0.15) is 15.9 Å². The first-order chi connectivity index (χ1) is 12.6. The molecule has 5 nitrogen and oxygen atoms in total. The van der Waals surface area contributed by atoms with E-state index in [2.05, 4.69) is 20.8 Å². The quantitative estimate of drug-likeness (QED) is 0.745. The number of ether oxygens (including phenoxy) is 2. The Kier molecular flexibility index (Phi) is 6.16. The molecular weight excluding hydrogens is 396 g/mol. The number of amides is 1. The van der Waals surface area contributed by atoms with Crippen LogP contribution >= 0.6 is 15.9 Å².